The zero-order chi connectivity index (χ0) is 28.5. The molecule has 6 aromatic heterocycles. The molecule has 4 nitrogen and oxygen atoms in total. The second-order valence-electron chi connectivity index (χ2n) is 9.83. The van der Waals surface area contributed by atoms with Gasteiger partial charge in [-0.15, -0.1) is 45.3 Å². The van der Waals surface area contributed by atoms with Gasteiger partial charge in [0, 0.05) is 28.6 Å². The van der Waals surface area contributed by atoms with Crippen molar-refractivity contribution in [2.45, 2.75) is 13.8 Å². The molecule has 0 radical (unpaired) electrons. The first kappa shape index (κ1) is 25.9. The van der Waals surface area contributed by atoms with Gasteiger partial charge in [0.25, 0.3) is 0 Å². The summed E-state index contributed by atoms with van der Waals surface area (Å²) >= 11 is 10.4. The van der Waals surface area contributed by atoms with E-state index < -0.39 is 0 Å². The van der Waals surface area contributed by atoms with Crippen LogP contribution in [-0.4, -0.2) is 9.97 Å². The third-order valence-electron chi connectivity index (χ3n) is 7.05. The first-order valence-electron chi connectivity index (χ1n) is 12.8. The number of hydrogen-bond acceptors (Lipinski definition) is 10. The summed E-state index contributed by atoms with van der Waals surface area (Å²) in [5.74, 6) is 0. The molecule has 0 spiro atoms. The summed E-state index contributed by atoms with van der Waals surface area (Å²) < 4.78 is 5.04. The van der Waals surface area contributed by atoms with Gasteiger partial charge in [0.1, 0.15) is 10.0 Å². The second-order valence-corrected chi connectivity index (χ2v) is 16.1. The third-order valence-corrected chi connectivity index (χ3v) is 14.1. The van der Waals surface area contributed by atoms with Gasteiger partial charge in [-0.2, -0.15) is 10.5 Å². The molecule has 10 heteroatoms. The first-order chi connectivity index (χ1) is 20.4. The number of nitrogens with zero attached hydrogens (tertiary/aromatic N) is 4. The van der Waals surface area contributed by atoms with Crippen molar-refractivity contribution >= 4 is 96.5 Å². The van der Waals surface area contributed by atoms with Gasteiger partial charge in [-0.3, -0.25) is 0 Å². The Hall–Kier alpha value is -3.74. The zero-order valence-corrected chi connectivity index (χ0v) is 26.9. The van der Waals surface area contributed by atoms with Gasteiger partial charge >= 0.3 is 0 Å². The van der Waals surface area contributed by atoms with E-state index in [4.69, 9.17) is 9.97 Å². The lowest BCUT2D eigenvalue weighted by atomic mass is 10.0. The normalized spacial score (nSPS) is 11.5. The Morgan fingerprint density at radius 3 is 1.26 bits per heavy atom. The minimum atomic E-state index is 0.695. The van der Waals surface area contributed by atoms with Gasteiger partial charge in [0.2, 0.25) is 0 Å². The number of rotatable bonds is 4. The molecule has 0 unspecified atom stereocenters. The van der Waals surface area contributed by atoms with E-state index in [9.17, 15) is 10.5 Å². The summed E-state index contributed by atoms with van der Waals surface area (Å²) in [7, 11) is 0. The monoisotopic (exact) mass is 648 g/mol. The van der Waals surface area contributed by atoms with Gasteiger partial charge in [0.15, 0.2) is 9.66 Å². The van der Waals surface area contributed by atoms with Gasteiger partial charge in [-0.25, -0.2) is 9.97 Å². The van der Waals surface area contributed by atoms with Crippen molar-refractivity contribution in [2.24, 2.45) is 0 Å². The molecule has 0 aliphatic rings. The van der Waals surface area contributed by atoms with Gasteiger partial charge in [-0.1, -0.05) is 34.8 Å². The molecule has 0 bridgehead atoms. The van der Waals surface area contributed by atoms with Gasteiger partial charge < -0.3 is 0 Å². The number of thiazole rings is 2. The molecule has 0 amide bonds. The maximum atomic E-state index is 9.18. The fraction of sp³-hybridized carbons (Fsp3) is 0.0625. The maximum Gasteiger partial charge on any atom is 0.155 e. The highest BCUT2D eigenvalue weighted by molar-refractivity contribution is 7.35. The fourth-order valence-corrected chi connectivity index (χ4v) is 12.1. The predicted molar refractivity (Wildman–Crippen MR) is 182 cm³/mol. The van der Waals surface area contributed by atoms with E-state index >= 15 is 0 Å². The number of hydrogen-bond donors (Lipinski definition) is 0. The minimum absolute atomic E-state index is 0.695. The van der Waals surface area contributed by atoms with Crippen LogP contribution in [-0.2, 0) is 0 Å². The molecule has 8 aromatic rings. The molecular formula is C32H16N4S6. The standard InChI is InChI=1S/C32H16N4S6/c1-15-7-17(13-33)3-5-19(15)21-9-23-25(37-21)11-27(39-23)29-35-31-32(41-29)36-30(42-31)28-12-26-24(40-28)10-22(38-26)20-6-4-18(14-34)8-16(20)2/h3-12H,1-2H3. The summed E-state index contributed by atoms with van der Waals surface area (Å²) in [5, 5.41) is 20.4. The fourth-order valence-electron chi connectivity index (χ4n) is 5.02. The van der Waals surface area contributed by atoms with Crippen LogP contribution in [0.4, 0.5) is 0 Å². The number of benzene rings is 2. The molecule has 0 atom stereocenters. The average Bonchev–Trinajstić information content (AvgIpc) is 3.79. The molecule has 200 valence electrons. The SMILES string of the molecule is Cc1cc(C#N)ccc1-c1cc2sc(-c3nc4sc(-c5cc6sc(-c7ccc(C#N)cc7C)cc6s5)nc4s3)cc2s1. The first-order valence-corrected chi connectivity index (χ1v) is 17.7. The number of aryl methyl sites for hydroxylation is 2. The Morgan fingerprint density at radius 2 is 0.881 bits per heavy atom. The maximum absolute atomic E-state index is 9.18. The molecule has 42 heavy (non-hydrogen) atoms. The number of aromatic nitrogens is 2. The largest absolute Gasteiger partial charge is 0.222 e. The van der Waals surface area contributed by atoms with Crippen molar-refractivity contribution in [3.63, 3.8) is 0 Å². The smallest absolute Gasteiger partial charge is 0.155 e. The second kappa shape index (κ2) is 9.92. The topological polar surface area (TPSA) is 73.4 Å². The van der Waals surface area contributed by atoms with E-state index in [1.54, 1.807) is 68.0 Å². The van der Waals surface area contributed by atoms with Crippen LogP contribution in [0.2, 0.25) is 0 Å². The van der Waals surface area contributed by atoms with Gasteiger partial charge in [0.05, 0.1) is 33.0 Å². The van der Waals surface area contributed by atoms with Crippen LogP contribution in [0.5, 0.6) is 0 Å². The molecule has 0 fully saturated rings. The van der Waals surface area contributed by atoms with Crippen LogP contribution in [0.3, 0.4) is 0 Å². The predicted octanol–water partition coefficient (Wildman–Crippen LogP) is 11.3. The van der Waals surface area contributed by atoms with Crippen molar-refractivity contribution in [1.29, 1.82) is 10.5 Å². The van der Waals surface area contributed by atoms with Crippen LogP contribution in [0.25, 0.3) is 69.1 Å². The Morgan fingerprint density at radius 1 is 0.500 bits per heavy atom. The Labute approximate surface area is 264 Å². The molecule has 2 aromatic carbocycles. The Balaban J connectivity index is 1.06. The molecule has 0 aliphatic carbocycles. The lowest BCUT2D eigenvalue weighted by Crippen LogP contribution is -1.82. The van der Waals surface area contributed by atoms with E-state index in [-0.39, 0.29) is 0 Å². The molecule has 0 saturated carbocycles. The minimum Gasteiger partial charge on any atom is -0.222 e. The van der Waals surface area contributed by atoms with E-state index in [1.165, 1.54) is 49.4 Å². The van der Waals surface area contributed by atoms with Crippen LogP contribution in [0.15, 0.2) is 60.7 Å². The van der Waals surface area contributed by atoms with Crippen molar-refractivity contribution in [3.05, 3.63) is 82.9 Å². The van der Waals surface area contributed by atoms with E-state index in [2.05, 4.69) is 62.4 Å². The summed E-state index contributed by atoms with van der Waals surface area (Å²) in [4.78, 5) is 16.7. The molecule has 0 saturated heterocycles. The lowest BCUT2D eigenvalue weighted by Gasteiger charge is -2.02. The summed E-state index contributed by atoms with van der Waals surface area (Å²) in [6, 6.07) is 25.2. The average molecular weight is 649 g/mol. The van der Waals surface area contributed by atoms with Crippen LogP contribution in [0.1, 0.15) is 22.3 Å². The van der Waals surface area contributed by atoms with E-state index in [0.29, 0.717) is 11.1 Å². The van der Waals surface area contributed by atoms with Crippen LogP contribution in [0, 0.1) is 36.5 Å². The van der Waals surface area contributed by atoms with Crippen LogP contribution < -0.4 is 0 Å². The number of nitriles is 2. The Bertz CT molecular complexity index is 2170. The third kappa shape index (κ3) is 4.31. The Kier molecular flexibility index (Phi) is 6.13. The summed E-state index contributed by atoms with van der Waals surface area (Å²) in [5.41, 5.74) is 6.00. The van der Waals surface area contributed by atoms with E-state index in [1.807, 2.05) is 24.3 Å². The van der Waals surface area contributed by atoms with E-state index in [0.717, 1.165) is 30.8 Å². The highest BCUT2D eigenvalue weighted by Crippen LogP contribution is 2.47. The highest BCUT2D eigenvalue weighted by Gasteiger charge is 2.19. The van der Waals surface area contributed by atoms with Gasteiger partial charge in [-0.05, 0) is 84.6 Å². The van der Waals surface area contributed by atoms with Crippen molar-refractivity contribution in [1.82, 2.24) is 9.97 Å². The van der Waals surface area contributed by atoms with Crippen LogP contribution >= 0.6 is 68.0 Å². The van der Waals surface area contributed by atoms with Crippen molar-refractivity contribution in [2.75, 3.05) is 0 Å². The summed E-state index contributed by atoms with van der Waals surface area (Å²) in [6.07, 6.45) is 0. The lowest BCUT2D eigenvalue weighted by molar-refractivity contribution is 1.42. The summed E-state index contributed by atoms with van der Waals surface area (Å²) in [6.45, 7) is 4.13. The highest BCUT2D eigenvalue weighted by atomic mass is 32.1. The molecule has 8 rings (SSSR count). The van der Waals surface area contributed by atoms with Crippen molar-refractivity contribution < 1.29 is 0 Å². The molecule has 0 N–H and O–H groups in total. The number of fused-ring (bicyclic) bond motifs is 3. The molecule has 6 heterocycles. The molecule has 0 aliphatic heterocycles. The zero-order valence-electron chi connectivity index (χ0n) is 22.0. The quantitative estimate of drug-likeness (QED) is 0.190. The molecular weight excluding hydrogens is 633 g/mol. The number of thiophene rings is 4. The van der Waals surface area contributed by atoms with Crippen molar-refractivity contribution in [3.8, 4) is 52.8 Å².